The van der Waals surface area contributed by atoms with Crippen molar-refractivity contribution in [3.05, 3.63) is 62.5 Å². The highest BCUT2D eigenvalue weighted by atomic mass is 79.9. The van der Waals surface area contributed by atoms with E-state index in [-0.39, 0.29) is 5.75 Å². The summed E-state index contributed by atoms with van der Waals surface area (Å²) in [5.74, 6) is -0.00115. The number of aromatic hydroxyl groups is 1. The number of hydrogen-bond donors (Lipinski definition) is 1. The molecule has 0 spiro atoms. The Morgan fingerprint density at radius 3 is 2.14 bits per heavy atom. The summed E-state index contributed by atoms with van der Waals surface area (Å²) in [6, 6.07) is 7.53. The van der Waals surface area contributed by atoms with Crippen molar-refractivity contribution in [3.63, 3.8) is 0 Å². The third-order valence-electron chi connectivity index (χ3n) is 4.08. The second-order valence-corrected chi connectivity index (χ2v) is 10.1. The predicted octanol–water partition coefficient (Wildman–Crippen LogP) is 5.81. The monoisotopic (exact) mass is 487 g/mol. The fraction of sp³-hybridized carbons (Fsp3) is 0.250. The highest BCUT2D eigenvalue weighted by Gasteiger charge is 2.31. The van der Waals surface area contributed by atoms with Gasteiger partial charge in [0.05, 0.1) is 14.9 Å². The molecule has 154 valence electrons. The minimum atomic E-state index is -4.60. The number of sulfone groups is 1. The van der Waals surface area contributed by atoms with Crippen LogP contribution in [0, 0.1) is 11.3 Å². The van der Waals surface area contributed by atoms with E-state index in [9.17, 15) is 32.0 Å². The quantitative estimate of drug-likeness (QED) is 0.554. The molecule has 0 unspecified atom stereocenters. The van der Waals surface area contributed by atoms with Crippen molar-refractivity contribution < 1.29 is 26.7 Å². The van der Waals surface area contributed by atoms with Gasteiger partial charge in [-0.1, -0.05) is 20.8 Å². The summed E-state index contributed by atoms with van der Waals surface area (Å²) in [5, 5.41) is 19.6. The van der Waals surface area contributed by atoms with Crippen molar-refractivity contribution in [1.82, 2.24) is 0 Å². The maximum Gasteiger partial charge on any atom is 0.416 e. The summed E-state index contributed by atoms with van der Waals surface area (Å²) in [6.07, 6.45) is -3.48. The van der Waals surface area contributed by atoms with Gasteiger partial charge in [-0.05, 0) is 69.4 Å². The molecule has 2 aromatic carbocycles. The Bertz CT molecular complexity index is 1110. The number of phenolic OH excluding ortho intramolecular Hbond substituents is 1. The molecule has 0 aromatic heterocycles. The Balaban J connectivity index is 2.57. The van der Waals surface area contributed by atoms with Crippen molar-refractivity contribution in [1.29, 1.82) is 5.26 Å². The van der Waals surface area contributed by atoms with E-state index in [1.54, 1.807) is 12.1 Å². The molecular formula is C20H17BrF3NO3S. The summed E-state index contributed by atoms with van der Waals surface area (Å²) in [5.41, 5.74) is -0.583. The molecule has 4 nitrogen and oxygen atoms in total. The third kappa shape index (κ3) is 5.00. The molecule has 0 saturated heterocycles. The Morgan fingerprint density at radius 2 is 1.69 bits per heavy atom. The Kier molecular flexibility index (Phi) is 6.21. The number of nitriles is 1. The Morgan fingerprint density at radius 1 is 1.14 bits per heavy atom. The Labute approximate surface area is 175 Å². The van der Waals surface area contributed by atoms with Crippen LogP contribution in [0.25, 0.3) is 6.08 Å². The molecule has 0 heterocycles. The Hall–Kier alpha value is -2.31. The fourth-order valence-electron chi connectivity index (χ4n) is 2.55. The second-order valence-electron chi connectivity index (χ2n) is 7.29. The molecule has 2 aromatic rings. The minimum absolute atomic E-state index is 0.00115. The van der Waals surface area contributed by atoms with Crippen molar-refractivity contribution in [3.8, 4) is 11.8 Å². The average Bonchev–Trinajstić information content (AvgIpc) is 2.60. The lowest BCUT2D eigenvalue weighted by Gasteiger charge is -2.21. The number of allylic oxidation sites excluding steroid dienone is 1. The van der Waals surface area contributed by atoms with E-state index in [0.29, 0.717) is 27.7 Å². The van der Waals surface area contributed by atoms with Crippen LogP contribution in [0.1, 0.15) is 37.5 Å². The maximum absolute atomic E-state index is 12.7. The van der Waals surface area contributed by atoms with Crippen LogP contribution in [0.2, 0.25) is 0 Å². The molecule has 0 aliphatic heterocycles. The van der Waals surface area contributed by atoms with E-state index < -0.39 is 36.8 Å². The lowest BCUT2D eigenvalue weighted by Crippen LogP contribution is -2.12. The number of phenols is 1. The number of halogens is 4. The van der Waals surface area contributed by atoms with Crippen LogP contribution in [0.4, 0.5) is 13.2 Å². The highest BCUT2D eigenvalue weighted by molar-refractivity contribution is 9.10. The summed E-state index contributed by atoms with van der Waals surface area (Å²) in [4.78, 5) is -1.05. The number of benzene rings is 2. The van der Waals surface area contributed by atoms with E-state index in [2.05, 4.69) is 15.9 Å². The molecule has 2 rings (SSSR count). The molecule has 0 atom stereocenters. The van der Waals surface area contributed by atoms with Gasteiger partial charge in [0, 0.05) is 5.56 Å². The van der Waals surface area contributed by atoms with Crippen LogP contribution in [0.5, 0.6) is 5.75 Å². The van der Waals surface area contributed by atoms with Gasteiger partial charge in [-0.25, -0.2) is 8.42 Å². The molecule has 0 radical (unpaired) electrons. The van der Waals surface area contributed by atoms with Crippen LogP contribution >= 0.6 is 15.9 Å². The molecule has 0 saturated carbocycles. The smallest absolute Gasteiger partial charge is 0.416 e. The van der Waals surface area contributed by atoms with Crippen molar-refractivity contribution in [2.45, 2.75) is 37.3 Å². The van der Waals surface area contributed by atoms with Gasteiger partial charge in [0.1, 0.15) is 16.7 Å². The molecule has 29 heavy (non-hydrogen) atoms. The zero-order valence-corrected chi connectivity index (χ0v) is 18.1. The molecule has 0 bridgehead atoms. The average molecular weight is 488 g/mol. The van der Waals surface area contributed by atoms with Crippen molar-refractivity contribution >= 4 is 31.8 Å². The van der Waals surface area contributed by atoms with Gasteiger partial charge in [-0.15, -0.1) is 0 Å². The predicted molar refractivity (Wildman–Crippen MR) is 107 cm³/mol. The molecule has 0 amide bonds. The topological polar surface area (TPSA) is 78.2 Å². The molecule has 9 heteroatoms. The largest absolute Gasteiger partial charge is 0.506 e. The van der Waals surface area contributed by atoms with Gasteiger partial charge in [0.15, 0.2) is 0 Å². The van der Waals surface area contributed by atoms with E-state index >= 15 is 0 Å². The standard InChI is InChI=1S/C20H17BrF3NO3S/c1-19(2,3)16-9-12(10-17(21)18(16)26)8-15(11-25)29(27,28)14-6-4-13(5-7-14)20(22,23)24/h4-10,26H,1-3H3/b15-8-. The van der Waals surface area contributed by atoms with Crippen molar-refractivity contribution in [2.24, 2.45) is 0 Å². The third-order valence-corrected chi connectivity index (χ3v) is 6.37. The highest BCUT2D eigenvalue weighted by Crippen LogP contribution is 2.38. The van der Waals surface area contributed by atoms with Gasteiger partial charge in [0.2, 0.25) is 9.84 Å². The first-order valence-electron chi connectivity index (χ1n) is 8.25. The van der Waals surface area contributed by atoms with Gasteiger partial charge < -0.3 is 5.11 Å². The van der Waals surface area contributed by atoms with Crippen LogP contribution < -0.4 is 0 Å². The van der Waals surface area contributed by atoms with E-state index in [0.717, 1.165) is 18.2 Å². The zero-order chi connectivity index (χ0) is 22.2. The lowest BCUT2D eigenvalue weighted by molar-refractivity contribution is -0.137. The maximum atomic E-state index is 12.7. The number of nitrogens with zero attached hydrogens (tertiary/aromatic N) is 1. The number of hydrogen-bond acceptors (Lipinski definition) is 4. The van der Waals surface area contributed by atoms with Crippen molar-refractivity contribution in [2.75, 3.05) is 0 Å². The van der Waals surface area contributed by atoms with Gasteiger partial charge in [0.25, 0.3) is 0 Å². The SMILES string of the molecule is CC(C)(C)c1cc(/C=C(/C#N)S(=O)(=O)c2ccc(C(F)(F)F)cc2)cc(Br)c1O. The molecule has 0 aliphatic rings. The number of rotatable bonds is 3. The second kappa shape index (κ2) is 7.84. The van der Waals surface area contributed by atoms with Crippen LogP contribution in [0.15, 0.2) is 50.7 Å². The summed E-state index contributed by atoms with van der Waals surface area (Å²) in [6.45, 7) is 5.56. The molecular weight excluding hydrogens is 471 g/mol. The van der Waals surface area contributed by atoms with Crippen LogP contribution in [-0.4, -0.2) is 13.5 Å². The van der Waals surface area contributed by atoms with Crippen LogP contribution in [-0.2, 0) is 21.4 Å². The van der Waals surface area contributed by atoms with Gasteiger partial charge in [-0.2, -0.15) is 18.4 Å². The fourth-order valence-corrected chi connectivity index (χ4v) is 4.18. The lowest BCUT2D eigenvalue weighted by atomic mass is 9.85. The first-order valence-corrected chi connectivity index (χ1v) is 10.5. The minimum Gasteiger partial charge on any atom is -0.506 e. The van der Waals surface area contributed by atoms with Gasteiger partial charge >= 0.3 is 6.18 Å². The van der Waals surface area contributed by atoms with E-state index in [1.807, 2.05) is 20.8 Å². The zero-order valence-electron chi connectivity index (χ0n) is 15.7. The van der Waals surface area contributed by atoms with Crippen LogP contribution in [0.3, 0.4) is 0 Å². The summed E-state index contributed by atoms with van der Waals surface area (Å²) >= 11 is 3.20. The molecule has 0 aliphatic carbocycles. The van der Waals surface area contributed by atoms with Gasteiger partial charge in [-0.3, -0.25) is 0 Å². The molecule has 1 N–H and O–H groups in total. The summed E-state index contributed by atoms with van der Waals surface area (Å²) in [7, 11) is -4.33. The normalized spacial score (nSPS) is 13.2. The summed E-state index contributed by atoms with van der Waals surface area (Å²) < 4.78 is 63.9. The number of alkyl halides is 3. The molecule has 0 fully saturated rings. The van der Waals surface area contributed by atoms with E-state index in [1.165, 1.54) is 6.07 Å². The van der Waals surface area contributed by atoms with E-state index in [4.69, 9.17) is 0 Å². The first kappa shape index (κ1) is 23.0. The first-order chi connectivity index (χ1) is 13.2.